The van der Waals surface area contributed by atoms with Crippen LogP contribution in [0.25, 0.3) is 0 Å². The zero-order valence-electron chi connectivity index (χ0n) is 17.4. The quantitative estimate of drug-likeness (QED) is 0.592. The molecule has 1 unspecified atom stereocenters. The Kier molecular flexibility index (Phi) is 5.66. The van der Waals surface area contributed by atoms with E-state index in [0.717, 1.165) is 23.3 Å². The van der Waals surface area contributed by atoms with Crippen molar-refractivity contribution in [2.24, 2.45) is 28.3 Å². The summed E-state index contributed by atoms with van der Waals surface area (Å²) in [7, 11) is -3.72. The molecule has 8 heteroatoms. The maximum atomic E-state index is 12.4. The molecule has 0 spiro atoms. The van der Waals surface area contributed by atoms with Gasteiger partial charge >= 0.3 is 11.8 Å². The molecule has 5 rings (SSSR count). The standard InChI is InChI=1S/C22H31N3O4S/c1-14(22-11-16-8-17(12-22)10-18(9-16)13-22)25-21(27)20(26)24-7-6-15-2-4-19(5-3-15)30(23,28)29/h2-5,14,16-18H,6-13H2,1H3,(H,24,26)(H,25,27)(H2,23,28,29). The third-order valence-corrected chi connectivity index (χ3v) is 8.44. The van der Waals surface area contributed by atoms with Crippen LogP contribution in [0.2, 0.25) is 0 Å². The normalized spacial score (nSPS) is 30.7. The Labute approximate surface area is 178 Å². The third-order valence-electron chi connectivity index (χ3n) is 7.51. The van der Waals surface area contributed by atoms with Gasteiger partial charge in [-0.15, -0.1) is 0 Å². The predicted octanol–water partition coefficient (Wildman–Crippen LogP) is 1.71. The summed E-state index contributed by atoms with van der Waals surface area (Å²) >= 11 is 0. The van der Waals surface area contributed by atoms with Gasteiger partial charge in [-0.3, -0.25) is 9.59 Å². The second kappa shape index (κ2) is 7.96. The number of primary sulfonamides is 1. The number of amides is 2. The molecule has 4 aliphatic rings. The minimum Gasteiger partial charge on any atom is -0.348 e. The van der Waals surface area contributed by atoms with Crippen LogP contribution in [-0.4, -0.2) is 32.8 Å². The van der Waals surface area contributed by atoms with Crippen LogP contribution < -0.4 is 15.8 Å². The highest BCUT2D eigenvalue weighted by molar-refractivity contribution is 7.89. The molecule has 4 fully saturated rings. The summed E-state index contributed by atoms with van der Waals surface area (Å²) in [6.45, 7) is 2.36. The second-order valence-corrected chi connectivity index (χ2v) is 11.2. The zero-order chi connectivity index (χ0) is 21.5. The van der Waals surface area contributed by atoms with Crippen molar-refractivity contribution in [1.82, 2.24) is 10.6 Å². The molecule has 30 heavy (non-hydrogen) atoms. The first-order valence-corrected chi connectivity index (χ1v) is 12.4. The molecule has 0 aliphatic heterocycles. The number of nitrogens with one attached hydrogen (secondary N) is 2. The molecular weight excluding hydrogens is 402 g/mol. The fourth-order valence-electron chi connectivity index (χ4n) is 6.37. The van der Waals surface area contributed by atoms with Crippen LogP contribution in [0.3, 0.4) is 0 Å². The van der Waals surface area contributed by atoms with Gasteiger partial charge in [-0.25, -0.2) is 13.6 Å². The second-order valence-electron chi connectivity index (χ2n) is 9.67. The summed E-state index contributed by atoms with van der Waals surface area (Å²) < 4.78 is 22.6. The van der Waals surface area contributed by atoms with Gasteiger partial charge in [0.15, 0.2) is 0 Å². The Balaban J connectivity index is 1.26. The Morgan fingerprint density at radius 2 is 1.57 bits per heavy atom. The van der Waals surface area contributed by atoms with Gasteiger partial charge in [0.2, 0.25) is 10.0 Å². The van der Waals surface area contributed by atoms with E-state index in [1.165, 1.54) is 50.7 Å². The summed E-state index contributed by atoms with van der Waals surface area (Å²) in [6, 6.07) is 6.19. The molecule has 0 saturated heterocycles. The van der Waals surface area contributed by atoms with E-state index in [9.17, 15) is 18.0 Å². The van der Waals surface area contributed by atoms with E-state index in [0.29, 0.717) is 13.0 Å². The number of carbonyl (C=O) groups is 2. The van der Waals surface area contributed by atoms with Gasteiger partial charge in [-0.05, 0) is 92.7 Å². The number of hydrogen-bond acceptors (Lipinski definition) is 4. The minimum atomic E-state index is -3.72. The monoisotopic (exact) mass is 433 g/mol. The highest BCUT2D eigenvalue weighted by Crippen LogP contribution is 2.61. The molecule has 164 valence electrons. The lowest BCUT2D eigenvalue weighted by Crippen LogP contribution is -2.57. The Morgan fingerprint density at radius 1 is 1.03 bits per heavy atom. The lowest BCUT2D eigenvalue weighted by Gasteiger charge is -2.59. The maximum Gasteiger partial charge on any atom is 0.309 e. The molecule has 1 aromatic carbocycles. The minimum absolute atomic E-state index is 0.00917. The molecule has 7 nitrogen and oxygen atoms in total. The predicted molar refractivity (Wildman–Crippen MR) is 113 cm³/mol. The van der Waals surface area contributed by atoms with Crippen molar-refractivity contribution in [3.63, 3.8) is 0 Å². The summed E-state index contributed by atoms with van der Waals surface area (Å²) in [4.78, 5) is 24.8. The van der Waals surface area contributed by atoms with Gasteiger partial charge < -0.3 is 10.6 Å². The zero-order valence-corrected chi connectivity index (χ0v) is 18.2. The first-order valence-electron chi connectivity index (χ1n) is 10.8. The first-order chi connectivity index (χ1) is 14.1. The highest BCUT2D eigenvalue weighted by atomic mass is 32.2. The van der Waals surface area contributed by atoms with E-state index < -0.39 is 21.8 Å². The highest BCUT2D eigenvalue weighted by Gasteiger charge is 2.53. The molecular formula is C22H31N3O4S. The molecule has 2 amide bonds. The number of benzene rings is 1. The van der Waals surface area contributed by atoms with E-state index in [1.807, 2.05) is 0 Å². The lowest BCUT2D eigenvalue weighted by molar-refractivity contribution is -0.141. The van der Waals surface area contributed by atoms with Crippen LogP contribution >= 0.6 is 0 Å². The number of hydrogen-bond donors (Lipinski definition) is 3. The summed E-state index contributed by atoms with van der Waals surface area (Å²) in [6.07, 6.45) is 8.06. The lowest BCUT2D eigenvalue weighted by atomic mass is 9.48. The fraction of sp³-hybridized carbons (Fsp3) is 0.636. The summed E-state index contributed by atoms with van der Waals surface area (Å²) in [5.41, 5.74) is 1.01. The van der Waals surface area contributed by atoms with Gasteiger partial charge in [0.25, 0.3) is 0 Å². The van der Waals surface area contributed by atoms with Gasteiger partial charge in [0, 0.05) is 12.6 Å². The molecule has 4 bridgehead atoms. The largest absolute Gasteiger partial charge is 0.348 e. The number of nitrogens with two attached hydrogens (primary N) is 1. The molecule has 0 radical (unpaired) electrons. The first kappa shape index (κ1) is 21.3. The summed E-state index contributed by atoms with van der Waals surface area (Å²) in [5, 5.41) is 10.7. The molecule has 1 aromatic rings. The van der Waals surface area contributed by atoms with Crippen LogP contribution in [0.1, 0.15) is 51.0 Å². The van der Waals surface area contributed by atoms with Crippen molar-refractivity contribution in [3.05, 3.63) is 29.8 Å². The van der Waals surface area contributed by atoms with Crippen LogP contribution in [0.15, 0.2) is 29.2 Å². The van der Waals surface area contributed by atoms with Gasteiger partial charge in [-0.2, -0.15) is 0 Å². The maximum absolute atomic E-state index is 12.4. The Bertz CT molecular complexity index is 891. The molecule has 1 atom stereocenters. The van der Waals surface area contributed by atoms with Gasteiger partial charge in [0.05, 0.1) is 4.90 Å². The van der Waals surface area contributed by atoms with E-state index >= 15 is 0 Å². The van der Waals surface area contributed by atoms with Crippen molar-refractivity contribution in [1.29, 1.82) is 0 Å². The van der Waals surface area contributed by atoms with Crippen LogP contribution in [0.4, 0.5) is 0 Å². The van der Waals surface area contributed by atoms with Gasteiger partial charge in [-0.1, -0.05) is 12.1 Å². The fourth-order valence-corrected chi connectivity index (χ4v) is 6.89. The van der Waals surface area contributed by atoms with Crippen molar-refractivity contribution in [3.8, 4) is 0 Å². The van der Waals surface area contributed by atoms with E-state index in [4.69, 9.17) is 5.14 Å². The smallest absolute Gasteiger partial charge is 0.309 e. The van der Waals surface area contributed by atoms with Crippen molar-refractivity contribution >= 4 is 21.8 Å². The van der Waals surface area contributed by atoms with E-state index in [2.05, 4.69) is 17.6 Å². The molecule has 0 heterocycles. The number of carbonyl (C=O) groups excluding carboxylic acids is 2. The molecule has 4 aliphatic carbocycles. The van der Waals surface area contributed by atoms with Crippen LogP contribution in [-0.2, 0) is 26.0 Å². The topological polar surface area (TPSA) is 118 Å². The molecule has 4 N–H and O–H groups in total. The Morgan fingerprint density at radius 3 is 2.07 bits per heavy atom. The number of rotatable bonds is 6. The number of sulfonamides is 1. The molecule has 0 aromatic heterocycles. The summed E-state index contributed by atoms with van der Waals surface area (Å²) in [5.74, 6) is 1.20. The Hall–Kier alpha value is -1.93. The SMILES string of the molecule is CC(NC(=O)C(=O)NCCc1ccc(S(N)(=O)=O)cc1)C12CC3CC(CC(C3)C1)C2. The van der Waals surface area contributed by atoms with E-state index in [-0.39, 0.29) is 16.4 Å². The average molecular weight is 434 g/mol. The van der Waals surface area contributed by atoms with Crippen molar-refractivity contribution in [2.75, 3.05) is 6.54 Å². The van der Waals surface area contributed by atoms with Gasteiger partial charge in [0.1, 0.15) is 0 Å². The molecule has 4 saturated carbocycles. The average Bonchev–Trinajstić information content (AvgIpc) is 2.66. The van der Waals surface area contributed by atoms with Crippen LogP contribution in [0, 0.1) is 23.2 Å². The third kappa shape index (κ3) is 4.39. The van der Waals surface area contributed by atoms with E-state index in [1.54, 1.807) is 12.1 Å². The van der Waals surface area contributed by atoms with Crippen molar-refractivity contribution in [2.45, 2.75) is 62.8 Å². The van der Waals surface area contributed by atoms with Crippen LogP contribution in [0.5, 0.6) is 0 Å². The van der Waals surface area contributed by atoms with Crippen molar-refractivity contribution < 1.29 is 18.0 Å².